The molecule has 2 N–H and O–H groups in total. The molecule has 1 aliphatic rings. The average Bonchev–Trinajstić information content (AvgIpc) is 2.73. The standard InChI is InChI=1S/C20H21F3N2O5S/c1-29-17-12-14(24-19(26)16-7-2-3-10-30-16)8-9-18(17)31(27,28)25-15-6-4-5-13(11-15)20(21,22)23/h4-6,8-9,11-12,16,25H,2-3,7,10H2,1H3,(H,24,26). The van der Waals surface area contributed by atoms with Gasteiger partial charge in [-0.15, -0.1) is 0 Å². The lowest BCUT2D eigenvalue weighted by Crippen LogP contribution is -2.33. The fraction of sp³-hybridized carbons (Fsp3) is 0.350. The van der Waals surface area contributed by atoms with Gasteiger partial charge in [-0.2, -0.15) is 13.2 Å². The second-order valence-corrected chi connectivity index (χ2v) is 8.54. The van der Waals surface area contributed by atoms with Crippen LogP contribution in [0.15, 0.2) is 47.4 Å². The highest BCUT2D eigenvalue weighted by atomic mass is 32.2. The average molecular weight is 458 g/mol. The van der Waals surface area contributed by atoms with Crippen LogP contribution in [0.25, 0.3) is 0 Å². The molecule has 3 rings (SSSR count). The third-order valence-corrected chi connectivity index (χ3v) is 6.06. The molecule has 1 heterocycles. The number of nitrogens with one attached hydrogen (secondary N) is 2. The SMILES string of the molecule is COc1cc(NC(=O)C2CCCCO2)ccc1S(=O)(=O)Nc1cccc(C(F)(F)F)c1. The second-order valence-electron chi connectivity index (χ2n) is 6.89. The molecule has 1 saturated heterocycles. The maximum Gasteiger partial charge on any atom is 0.416 e. The number of benzene rings is 2. The zero-order chi connectivity index (χ0) is 22.6. The smallest absolute Gasteiger partial charge is 0.416 e. The number of carbonyl (C=O) groups excluding carboxylic acids is 1. The van der Waals surface area contributed by atoms with Crippen molar-refractivity contribution in [2.75, 3.05) is 23.8 Å². The predicted molar refractivity (Wildman–Crippen MR) is 107 cm³/mol. The molecule has 0 spiro atoms. The van der Waals surface area contributed by atoms with E-state index >= 15 is 0 Å². The lowest BCUT2D eigenvalue weighted by atomic mass is 10.1. The van der Waals surface area contributed by atoms with Crippen molar-refractivity contribution in [3.05, 3.63) is 48.0 Å². The fourth-order valence-corrected chi connectivity index (χ4v) is 4.31. The van der Waals surface area contributed by atoms with Crippen molar-refractivity contribution in [1.29, 1.82) is 0 Å². The fourth-order valence-electron chi connectivity index (χ4n) is 3.11. The number of ether oxygens (including phenoxy) is 2. The maximum absolute atomic E-state index is 12.9. The minimum absolute atomic E-state index is 0.0816. The number of amides is 1. The Kier molecular flexibility index (Phi) is 6.75. The molecule has 31 heavy (non-hydrogen) atoms. The lowest BCUT2D eigenvalue weighted by molar-refractivity contribution is -0.137. The van der Waals surface area contributed by atoms with E-state index in [0.717, 1.165) is 25.0 Å². The number of methoxy groups -OCH3 is 1. The van der Waals surface area contributed by atoms with Crippen molar-refractivity contribution in [3.8, 4) is 5.75 Å². The first-order valence-corrected chi connectivity index (χ1v) is 10.9. The Labute approximate surface area is 177 Å². The van der Waals surface area contributed by atoms with Crippen LogP contribution >= 0.6 is 0 Å². The van der Waals surface area contributed by atoms with E-state index in [1.807, 2.05) is 0 Å². The number of sulfonamides is 1. The summed E-state index contributed by atoms with van der Waals surface area (Å²) in [6.45, 7) is 0.500. The van der Waals surface area contributed by atoms with Gasteiger partial charge in [-0.3, -0.25) is 9.52 Å². The van der Waals surface area contributed by atoms with Crippen molar-refractivity contribution < 1.29 is 35.9 Å². The summed E-state index contributed by atoms with van der Waals surface area (Å²) in [5.41, 5.74) is -0.930. The lowest BCUT2D eigenvalue weighted by Gasteiger charge is -2.22. The molecule has 0 aromatic heterocycles. The van der Waals surface area contributed by atoms with Gasteiger partial charge in [0.15, 0.2) is 0 Å². The first-order chi connectivity index (χ1) is 14.6. The molecule has 0 bridgehead atoms. The number of alkyl halides is 3. The summed E-state index contributed by atoms with van der Waals surface area (Å²) in [6, 6.07) is 7.73. The van der Waals surface area contributed by atoms with Gasteiger partial charge in [0.2, 0.25) is 0 Å². The van der Waals surface area contributed by atoms with Crippen LogP contribution < -0.4 is 14.8 Å². The van der Waals surface area contributed by atoms with Crippen molar-refractivity contribution in [1.82, 2.24) is 0 Å². The monoisotopic (exact) mass is 458 g/mol. The highest BCUT2D eigenvalue weighted by molar-refractivity contribution is 7.92. The number of hydrogen-bond donors (Lipinski definition) is 2. The van der Waals surface area contributed by atoms with Gasteiger partial charge < -0.3 is 14.8 Å². The van der Waals surface area contributed by atoms with E-state index in [0.29, 0.717) is 24.8 Å². The van der Waals surface area contributed by atoms with Crippen molar-refractivity contribution in [2.24, 2.45) is 0 Å². The third kappa shape index (κ3) is 5.67. The third-order valence-electron chi connectivity index (χ3n) is 4.63. The minimum atomic E-state index is -4.61. The van der Waals surface area contributed by atoms with E-state index in [1.54, 1.807) is 0 Å². The predicted octanol–water partition coefficient (Wildman–Crippen LogP) is 4.02. The second kappa shape index (κ2) is 9.15. The van der Waals surface area contributed by atoms with Crippen LogP contribution in [0.5, 0.6) is 5.75 Å². The molecule has 11 heteroatoms. The highest BCUT2D eigenvalue weighted by Crippen LogP contribution is 2.33. The van der Waals surface area contributed by atoms with Gasteiger partial charge >= 0.3 is 6.18 Å². The van der Waals surface area contributed by atoms with E-state index in [-0.39, 0.29) is 22.2 Å². The summed E-state index contributed by atoms with van der Waals surface area (Å²) >= 11 is 0. The Morgan fingerprint density at radius 2 is 1.90 bits per heavy atom. The Morgan fingerprint density at radius 1 is 1.13 bits per heavy atom. The summed E-state index contributed by atoms with van der Waals surface area (Å²) in [5, 5.41) is 2.65. The quantitative estimate of drug-likeness (QED) is 0.682. The van der Waals surface area contributed by atoms with Gasteiger partial charge in [0.05, 0.1) is 12.7 Å². The summed E-state index contributed by atoms with van der Waals surface area (Å²) in [5.74, 6) is -0.429. The van der Waals surface area contributed by atoms with Crippen LogP contribution in [0.4, 0.5) is 24.5 Å². The Bertz CT molecular complexity index is 1050. The highest BCUT2D eigenvalue weighted by Gasteiger charge is 2.31. The van der Waals surface area contributed by atoms with Crippen LogP contribution in [-0.2, 0) is 25.7 Å². The first-order valence-electron chi connectivity index (χ1n) is 9.41. The largest absolute Gasteiger partial charge is 0.495 e. The normalized spacial score (nSPS) is 17.1. The maximum atomic E-state index is 12.9. The van der Waals surface area contributed by atoms with E-state index in [9.17, 15) is 26.4 Å². The Hall–Kier alpha value is -2.79. The summed E-state index contributed by atoms with van der Waals surface area (Å²) in [7, 11) is -3.02. The Morgan fingerprint density at radius 3 is 2.55 bits per heavy atom. The zero-order valence-electron chi connectivity index (χ0n) is 16.5. The van der Waals surface area contributed by atoms with Crippen LogP contribution in [0.2, 0.25) is 0 Å². The molecule has 0 saturated carbocycles. The molecule has 2 aromatic rings. The van der Waals surface area contributed by atoms with Gasteiger partial charge in [-0.25, -0.2) is 8.42 Å². The molecule has 1 fully saturated rings. The van der Waals surface area contributed by atoms with Gasteiger partial charge in [-0.1, -0.05) is 6.07 Å². The summed E-state index contributed by atoms with van der Waals surface area (Å²) in [6.07, 6.45) is -2.83. The van der Waals surface area contributed by atoms with E-state index in [2.05, 4.69) is 10.0 Å². The molecule has 1 atom stereocenters. The van der Waals surface area contributed by atoms with Crippen molar-refractivity contribution >= 4 is 27.3 Å². The number of hydrogen-bond acceptors (Lipinski definition) is 5. The number of halogens is 3. The molecule has 1 amide bonds. The molecular formula is C20H21F3N2O5S. The number of rotatable bonds is 6. The van der Waals surface area contributed by atoms with Crippen LogP contribution in [0.3, 0.4) is 0 Å². The minimum Gasteiger partial charge on any atom is -0.495 e. The van der Waals surface area contributed by atoms with E-state index < -0.39 is 27.9 Å². The van der Waals surface area contributed by atoms with Crippen molar-refractivity contribution in [3.63, 3.8) is 0 Å². The van der Waals surface area contributed by atoms with Gasteiger partial charge in [0.1, 0.15) is 16.7 Å². The zero-order valence-corrected chi connectivity index (χ0v) is 17.3. The van der Waals surface area contributed by atoms with E-state index in [1.165, 1.54) is 31.4 Å². The van der Waals surface area contributed by atoms with Gasteiger partial charge in [-0.05, 0) is 49.6 Å². The van der Waals surface area contributed by atoms with Crippen LogP contribution in [0, 0.1) is 0 Å². The molecule has 0 aliphatic carbocycles. The molecule has 168 valence electrons. The van der Waals surface area contributed by atoms with Crippen LogP contribution in [0.1, 0.15) is 24.8 Å². The van der Waals surface area contributed by atoms with Crippen LogP contribution in [-0.4, -0.2) is 34.1 Å². The summed E-state index contributed by atoms with van der Waals surface area (Å²) in [4.78, 5) is 12.0. The molecule has 1 unspecified atom stereocenters. The number of carbonyl (C=O) groups is 1. The van der Waals surface area contributed by atoms with Gasteiger partial charge in [0, 0.05) is 24.0 Å². The Balaban J connectivity index is 1.80. The van der Waals surface area contributed by atoms with E-state index in [4.69, 9.17) is 9.47 Å². The first kappa shape index (κ1) is 22.9. The molecule has 0 radical (unpaired) electrons. The molecular weight excluding hydrogens is 437 g/mol. The topological polar surface area (TPSA) is 93.7 Å². The summed E-state index contributed by atoms with van der Waals surface area (Å²) < 4.78 is 76.8. The molecule has 2 aromatic carbocycles. The molecule has 7 nitrogen and oxygen atoms in total. The number of anilines is 2. The van der Waals surface area contributed by atoms with Gasteiger partial charge in [0.25, 0.3) is 15.9 Å². The van der Waals surface area contributed by atoms with Crippen molar-refractivity contribution in [2.45, 2.75) is 36.4 Å². The molecule has 1 aliphatic heterocycles.